The second kappa shape index (κ2) is 3.23. The molecular weight excluding hydrogens is 196 g/mol. The molecule has 0 unspecified atom stereocenters. The van der Waals surface area contributed by atoms with Gasteiger partial charge in [-0.3, -0.25) is 4.55 Å². The third kappa shape index (κ3) is 2.92. The zero-order valence-corrected chi connectivity index (χ0v) is 7.24. The van der Waals surface area contributed by atoms with Crippen molar-refractivity contribution in [2.75, 3.05) is 0 Å². The van der Waals surface area contributed by atoms with Crippen molar-refractivity contribution in [1.82, 2.24) is 0 Å². The molecule has 0 fully saturated rings. The number of hydrogen-bond donors (Lipinski definition) is 3. The van der Waals surface area contributed by atoms with E-state index in [1.54, 1.807) is 0 Å². The number of benzene rings is 1. The second-order valence-corrected chi connectivity index (χ2v) is 3.90. The maximum Gasteiger partial charge on any atom is 0.269 e. The molecule has 0 spiro atoms. The van der Waals surface area contributed by atoms with Gasteiger partial charge in [0.05, 0.1) is 6.07 Å². The van der Waals surface area contributed by atoms with E-state index in [1.165, 1.54) is 12.1 Å². The topological polar surface area (TPSA) is 94.8 Å². The lowest BCUT2D eigenvalue weighted by Crippen LogP contribution is -2.01. The van der Waals surface area contributed by atoms with Crippen molar-refractivity contribution in [2.24, 2.45) is 0 Å². The molecule has 0 atom stereocenters. The average Bonchev–Trinajstić information content (AvgIpc) is 1.93. The van der Waals surface area contributed by atoms with Crippen molar-refractivity contribution in [1.29, 1.82) is 0 Å². The van der Waals surface area contributed by atoms with Gasteiger partial charge >= 0.3 is 0 Å². The Hall–Kier alpha value is -1.27. The van der Waals surface area contributed by atoms with Crippen molar-refractivity contribution in [3.05, 3.63) is 23.8 Å². The molecule has 0 bridgehead atoms. The summed E-state index contributed by atoms with van der Waals surface area (Å²) >= 11 is 0. The van der Waals surface area contributed by atoms with Crippen molar-refractivity contribution in [3.63, 3.8) is 0 Å². The molecule has 3 N–H and O–H groups in total. The van der Waals surface area contributed by atoms with Crippen molar-refractivity contribution < 1.29 is 23.2 Å². The summed E-state index contributed by atoms with van der Waals surface area (Å²) in [6, 6.07) is 4.45. The van der Waals surface area contributed by atoms with Crippen LogP contribution in [0.25, 0.3) is 0 Å². The van der Waals surface area contributed by atoms with Crippen LogP contribution >= 0.6 is 0 Å². The molecule has 0 saturated carbocycles. The molecule has 0 aliphatic heterocycles. The molecule has 0 aliphatic rings. The SMILES string of the molecule is O=S(=O)(O)Cc1ccc(O)[c]c1O. The quantitative estimate of drug-likeness (QED) is 0.600. The zero-order chi connectivity index (χ0) is 10.1. The van der Waals surface area contributed by atoms with Gasteiger partial charge in [0.1, 0.15) is 17.3 Å². The first-order chi connectivity index (χ1) is 5.88. The van der Waals surface area contributed by atoms with E-state index in [9.17, 15) is 8.42 Å². The van der Waals surface area contributed by atoms with E-state index in [1.807, 2.05) is 0 Å². The number of aromatic hydroxyl groups is 2. The first-order valence-electron chi connectivity index (χ1n) is 3.27. The van der Waals surface area contributed by atoms with E-state index >= 15 is 0 Å². The summed E-state index contributed by atoms with van der Waals surface area (Å²) in [6.07, 6.45) is 0. The summed E-state index contributed by atoms with van der Waals surface area (Å²) in [5.74, 6) is -1.48. The average molecular weight is 203 g/mol. The van der Waals surface area contributed by atoms with Gasteiger partial charge in [-0.25, -0.2) is 0 Å². The van der Waals surface area contributed by atoms with E-state index in [-0.39, 0.29) is 11.3 Å². The maximum absolute atomic E-state index is 10.4. The van der Waals surface area contributed by atoms with Crippen LogP contribution in [0.1, 0.15) is 5.56 Å². The summed E-state index contributed by atoms with van der Waals surface area (Å²) in [5.41, 5.74) is -0.0136. The van der Waals surface area contributed by atoms with Gasteiger partial charge in [0.2, 0.25) is 0 Å². The molecule has 0 saturated heterocycles. The first-order valence-corrected chi connectivity index (χ1v) is 4.88. The van der Waals surface area contributed by atoms with Crippen LogP contribution < -0.4 is 0 Å². The van der Waals surface area contributed by atoms with Gasteiger partial charge in [-0.2, -0.15) is 8.42 Å². The Morgan fingerprint density at radius 2 is 1.92 bits per heavy atom. The molecule has 0 amide bonds. The maximum atomic E-state index is 10.4. The summed E-state index contributed by atoms with van der Waals surface area (Å²) < 4.78 is 29.3. The van der Waals surface area contributed by atoms with Gasteiger partial charge in [0, 0.05) is 5.56 Å². The fourth-order valence-corrected chi connectivity index (χ4v) is 1.44. The normalized spacial score (nSPS) is 11.5. The minimum atomic E-state index is -4.17. The van der Waals surface area contributed by atoms with Crippen LogP contribution in [0.4, 0.5) is 0 Å². The Kier molecular flexibility index (Phi) is 2.44. The van der Waals surface area contributed by atoms with Crippen LogP contribution in [-0.2, 0) is 15.9 Å². The van der Waals surface area contributed by atoms with Crippen LogP contribution in [0.3, 0.4) is 0 Å². The predicted octanol–water partition coefficient (Wildman–Crippen LogP) is 0.286. The zero-order valence-electron chi connectivity index (χ0n) is 6.43. The fraction of sp³-hybridized carbons (Fsp3) is 0.143. The molecule has 5 nitrogen and oxygen atoms in total. The lowest BCUT2D eigenvalue weighted by atomic mass is 10.2. The first kappa shape index (κ1) is 9.82. The molecule has 0 heterocycles. The Morgan fingerprint density at radius 1 is 1.31 bits per heavy atom. The van der Waals surface area contributed by atoms with Crippen LogP contribution in [0, 0.1) is 6.07 Å². The molecule has 1 aromatic rings. The second-order valence-electron chi connectivity index (χ2n) is 2.44. The van der Waals surface area contributed by atoms with E-state index in [2.05, 4.69) is 6.07 Å². The number of hydrogen-bond acceptors (Lipinski definition) is 4. The Morgan fingerprint density at radius 3 is 2.38 bits per heavy atom. The van der Waals surface area contributed by atoms with Crippen molar-refractivity contribution >= 4 is 10.1 Å². The number of rotatable bonds is 2. The molecule has 13 heavy (non-hydrogen) atoms. The summed E-state index contributed by atoms with van der Waals surface area (Å²) in [4.78, 5) is 0. The minimum absolute atomic E-state index is 0.0136. The predicted molar refractivity (Wildman–Crippen MR) is 43.9 cm³/mol. The Balaban J connectivity index is 3.04. The minimum Gasteiger partial charge on any atom is -0.507 e. The highest BCUT2D eigenvalue weighted by Crippen LogP contribution is 2.22. The molecule has 0 aromatic heterocycles. The number of phenols is 2. The van der Waals surface area contributed by atoms with Gasteiger partial charge < -0.3 is 10.2 Å². The third-order valence-corrected chi connectivity index (χ3v) is 2.01. The fourth-order valence-electron chi connectivity index (χ4n) is 0.815. The van der Waals surface area contributed by atoms with Gasteiger partial charge in [-0.15, -0.1) is 0 Å². The van der Waals surface area contributed by atoms with Crippen molar-refractivity contribution in [2.45, 2.75) is 5.75 Å². The standard InChI is InChI=1S/C7H7O5S/c8-6-2-1-5(7(9)3-6)4-13(10,11)12/h1-2,8-9H,4H2,(H,10,11,12). The number of phenolic OH excluding ortho intramolecular Hbond substituents is 2. The third-order valence-electron chi connectivity index (χ3n) is 1.33. The van der Waals surface area contributed by atoms with Crippen LogP contribution in [-0.4, -0.2) is 23.2 Å². The van der Waals surface area contributed by atoms with Crippen molar-refractivity contribution in [3.8, 4) is 11.5 Å². The molecule has 6 heteroatoms. The highest BCUT2D eigenvalue weighted by Gasteiger charge is 2.10. The van der Waals surface area contributed by atoms with E-state index in [4.69, 9.17) is 14.8 Å². The van der Waals surface area contributed by atoms with E-state index < -0.39 is 21.6 Å². The summed E-state index contributed by atoms with van der Waals surface area (Å²) in [5, 5.41) is 17.9. The highest BCUT2D eigenvalue weighted by atomic mass is 32.2. The molecule has 1 aromatic carbocycles. The van der Waals surface area contributed by atoms with Gasteiger partial charge in [0.25, 0.3) is 10.1 Å². The van der Waals surface area contributed by atoms with Crippen LogP contribution in [0.5, 0.6) is 11.5 Å². The smallest absolute Gasteiger partial charge is 0.269 e. The van der Waals surface area contributed by atoms with Gasteiger partial charge in [0.15, 0.2) is 0 Å². The Bertz CT molecular complexity index is 409. The summed E-state index contributed by atoms with van der Waals surface area (Å²) in [6.45, 7) is 0. The van der Waals surface area contributed by atoms with Crippen LogP contribution in [0.15, 0.2) is 12.1 Å². The molecule has 0 aliphatic carbocycles. The largest absolute Gasteiger partial charge is 0.507 e. The lowest BCUT2D eigenvalue weighted by Gasteiger charge is -2.01. The monoisotopic (exact) mass is 203 g/mol. The van der Waals surface area contributed by atoms with E-state index in [0.29, 0.717) is 0 Å². The van der Waals surface area contributed by atoms with E-state index in [0.717, 1.165) is 0 Å². The highest BCUT2D eigenvalue weighted by molar-refractivity contribution is 7.85. The summed E-state index contributed by atoms with van der Waals surface area (Å²) in [7, 11) is -4.17. The van der Waals surface area contributed by atoms with Gasteiger partial charge in [-0.1, -0.05) is 6.07 Å². The van der Waals surface area contributed by atoms with Gasteiger partial charge in [-0.05, 0) is 6.07 Å². The van der Waals surface area contributed by atoms with Crippen LogP contribution in [0.2, 0.25) is 0 Å². The molecule has 71 valence electrons. The molecule has 1 rings (SSSR count). The Labute approximate surface area is 75.0 Å². The molecular formula is C7H7O5S. The lowest BCUT2D eigenvalue weighted by molar-refractivity contribution is 0.442. The molecule has 1 radical (unpaired) electrons.